The highest BCUT2D eigenvalue weighted by molar-refractivity contribution is 6.33. The third-order valence-corrected chi connectivity index (χ3v) is 4.92. The number of likely N-dealkylation sites (N-methyl/N-ethyl adjacent to an activating group) is 1. The first-order chi connectivity index (χ1) is 9.48. The van der Waals surface area contributed by atoms with E-state index >= 15 is 0 Å². The Balaban J connectivity index is 1.73. The molecule has 0 heterocycles. The summed E-state index contributed by atoms with van der Waals surface area (Å²) in [5, 5.41) is 4.23. The Morgan fingerprint density at radius 1 is 1.25 bits per heavy atom. The van der Waals surface area contributed by atoms with E-state index in [1.807, 2.05) is 24.3 Å². The van der Waals surface area contributed by atoms with Crippen molar-refractivity contribution in [2.24, 2.45) is 5.41 Å². The summed E-state index contributed by atoms with van der Waals surface area (Å²) < 4.78 is 0. The van der Waals surface area contributed by atoms with Gasteiger partial charge in [-0.1, -0.05) is 37.6 Å². The molecule has 1 aliphatic carbocycles. The van der Waals surface area contributed by atoms with E-state index < -0.39 is 0 Å². The van der Waals surface area contributed by atoms with E-state index in [1.165, 1.54) is 25.7 Å². The molecule has 1 aliphatic rings. The predicted octanol–water partition coefficient (Wildman–Crippen LogP) is 4.65. The average molecular weight is 295 g/mol. The normalized spacial score (nSPS) is 19.2. The molecule has 0 atom stereocenters. The summed E-state index contributed by atoms with van der Waals surface area (Å²) in [6, 6.07) is 8.68. The molecule has 0 unspecified atom stereocenters. The molecule has 20 heavy (non-hydrogen) atoms. The molecule has 0 radical (unpaired) electrons. The summed E-state index contributed by atoms with van der Waals surface area (Å²) in [7, 11) is 2.25. The van der Waals surface area contributed by atoms with E-state index in [-0.39, 0.29) is 0 Å². The molecule has 1 aromatic carbocycles. The van der Waals surface area contributed by atoms with Crippen LogP contribution < -0.4 is 5.32 Å². The SMILES string of the molecule is CN(CCNc1ccccc1Cl)C1CCC(C)(C)CC1. The van der Waals surface area contributed by atoms with Gasteiger partial charge >= 0.3 is 0 Å². The van der Waals surface area contributed by atoms with Crippen molar-refractivity contribution in [3.63, 3.8) is 0 Å². The predicted molar refractivity (Wildman–Crippen MR) is 88.6 cm³/mol. The molecule has 112 valence electrons. The summed E-state index contributed by atoms with van der Waals surface area (Å²) in [5.41, 5.74) is 1.58. The molecular formula is C17H27ClN2. The van der Waals surface area contributed by atoms with Gasteiger partial charge in [-0.3, -0.25) is 0 Å². The lowest BCUT2D eigenvalue weighted by molar-refractivity contribution is 0.131. The fourth-order valence-corrected chi connectivity index (χ4v) is 3.18. The van der Waals surface area contributed by atoms with Gasteiger partial charge in [0.2, 0.25) is 0 Å². The van der Waals surface area contributed by atoms with Gasteiger partial charge in [0.1, 0.15) is 0 Å². The van der Waals surface area contributed by atoms with Gasteiger partial charge in [0, 0.05) is 19.1 Å². The van der Waals surface area contributed by atoms with Gasteiger partial charge in [-0.15, -0.1) is 0 Å². The zero-order valence-electron chi connectivity index (χ0n) is 13.0. The van der Waals surface area contributed by atoms with Gasteiger partial charge < -0.3 is 10.2 Å². The van der Waals surface area contributed by atoms with Crippen molar-refractivity contribution in [1.82, 2.24) is 4.90 Å². The van der Waals surface area contributed by atoms with Crippen molar-refractivity contribution in [2.75, 3.05) is 25.5 Å². The first-order valence-electron chi connectivity index (χ1n) is 7.67. The molecule has 2 nitrogen and oxygen atoms in total. The molecule has 0 bridgehead atoms. The summed E-state index contributed by atoms with van der Waals surface area (Å²) in [6.45, 7) is 6.79. The molecule has 0 saturated heterocycles. The van der Waals surface area contributed by atoms with Gasteiger partial charge in [0.05, 0.1) is 10.7 Å². The molecule has 0 aromatic heterocycles. The van der Waals surface area contributed by atoms with E-state index in [2.05, 4.69) is 31.1 Å². The van der Waals surface area contributed by atoms with Crippen molar-refractivity contribution in [3.05, 3.63) is 29.3 Å². The smallest absolute Gasteiger partial charge is 0.0637 e. The zero-order valence-corrected chi connectivity index (χ0v) is 13.7. The van der Waals surface area contributed by atoms with Crippen LogP contribution in [0, 0.1) is 5.41 Å². The van der Waals surface area contributed by atoms with Gasteiger partial charge in [0.15, 0.2) is 0 Å². The maximum atomic E-state index is 6.14. The average Bonchev–Trinajstić information content (AvgIpc) is 2.40. The highest BCUT2D eigenvalue weighted by atomic mass is 35.5. The van der Waals surface area contributed by atoms with E-state index in [0.717, 1.165) is 29.8 Å². The van der Waals surface area contributed by atoms with Crippen LogP contribution in [-0.4, -0.2) is 31.1 Å². The quantitative estimate of drug-likeness (QED) is 0.850. The Labute approximate surface area is 128 Å². The van der Waals surface area contributed by atoms with E-state index in [1.54, 1.807) is 0 Å². The van der Waals surface area contributed by atoms with Gasteiger partial charge in [0.25, 0.3) is 0 Å². The summed E-state index contributed by atoms with van der Waals surface area (Å²) in [6.07, 6.45) is 5.35. The number of anilines is 1. The lowest BCUT2D eigenvalue weighted by Gasteiger charge is -2.38. The second-order valence-electron chi connectivity index (χ2n) is 6.78. The van der Waals surface area contributed by atoms with Crippen LogP contribution in [0.25, 0.3) is 0 Å². The van der Waals surface area contributed by atoms with Gasteiger partial charge in [-0.2, -0.15) is 0 Å². The Kier molecular flexibility index (Phi) is 5.34. The molecule has 1 fully saturated rings. The number of benzene rings is 1. The third kappa shape index (κ3) is 4.39. The minimum Gasteiger partial charge on any atom is -0.383 e. The van der Waals surface area contributed by atoms with Gasteiger partial charge in [-0.05, 0) is 50.3 Å². The van der Waals surface area contributed by atoms with Gasteiger partial charge in [-0.25, -0.2) is 0 Å². The topological polar surface area (TPSA) is 15.3 Å². The van der Waals surface area contributed by atoms with Crippen LogP contribution >= 0.6 is 11.6 Å². The number of para-hydroxylation sites is 1. The van der Waals surface area contributed by atoms with Crippen LogP contribution in [0.5, 0.6) is 0 Å². The molecule has 1 N–H and O–H groups in total. The van der Waals surface area contributed by atoms with Crippen LogP contribution in [0.15, 0.2) is 24.3 Å². The fourth-order valence-electron chi connectivity index (χ4n) is 2.98. The Bertz CT molecular complexity index is 421. The zero-order chi connectivity index (χ0) is 14.6. The van der Waals surface area contributed by atoms with Crippen LogP contribution in [0.1, 0.15) is 39.5 Å². The second-order valence-corrected chi connectivity index (χ2v) is 7.19. The summed E-state index contributed by atoms with van der Waals surface area (Å²) in [4.78, 5) is 2.50. The van der Waals surface area contributed by atoms with E-state index in [9.17, 15) is 0 Å². The van der Waals surface area contributed by atoms with Crippen LogP contribution in [0.4, 0.5) is 5.69 Å². The van der Waals surface area contributed by atoms with E-state index in [0.29, 0.717) is 5.41 Å². The van der Waals surface area contributed by atoms with Crippen LogP contribution in [0.3, 0.4) is 0 Å². The van der Waals surface area contributed by atoms with E-state index in [4.69, 9.17) is 11.6 Å². The minimum atomic E-state index is 0.549. The first-order valence-corrected chi connectivity index (χ1v) is 8.04. The van der Waals surface area contributed by atoms with Crippen molar-refractivity contribution in [1.29, 1.82) is 0 Å². The molecule has 0 amide bonds. The van der Waals surface area contributed by atoms with Crippen LogP contribution in [0.2, 0.25) is 5.02 Å². The third-order valence-electron chi connectivity index (χ3n) is 4.59. The van der Waals surface area contributed by atoms with Crippen molar-refractivity contribution in [3.8, 4) is 0 Å². The number of nitrogens with zero attached hydrogens (tertiary/aromatic N) is 1. The minimum absolute atomic E-state index is 0.549. The standard InChI is InChI=1S/C17H27ClN2/c1-17(2)10-8-14(9-11-17)20(3)13-12-19-16-7-5-4-6-15(16)18/h4-7,14,19H,8-13H2,1-3H3. The van der Waals surface area contributed by atoms with Crippen molar-refractivity contribution >= 4 is 17.3 Å². The Morgan fingerprint density at radius 2 is 1.90 bits per heavy atom. The first kappa shape index (κ1) is 15.7. The molecule has 0 aliphatic heterocycles. The molecule has 1 aromatic rings. The Hall–Kier alpha value is -0.730. The second kappa shape index (κ2) is 6.82. The van der Waals surface area contributed by atoms with Crippen molar-refractivity contribution < 1.29 is 0 Å². The molecular weight excluding hydrogens is 268 g/mol. The van der Waals surface area contributed by atoms with Crippen LogP contribution in [-0.2, 0) is 0 Å². The van der Waals surface area contributed by atoms with Crippen molar-refractivity contribution in [2.45, 2.75) is 45.6 Å². The highest BCUT2D eigenvalue weighted by Crippen LogP contribution is 2.36. The lowest BCUT2D eigenvalue weighted by atomic mass is 9.75. The number of hydrogen-bond acceptors (Lipinski definition) is 2. The fraction of sp³-hybridized carbons (Fsp3) is 0.647. The lowest BCUT2D eigenvalue weighted by Crippen LogP contribution is -2.39. The maximum Gasteiger partial charge on any atom is 0.0637 e. The molecule has 2 rings (SSSR count). The summed E-state index contributed by atoms with van der Waals surface area (Å²) in [5.74, 6) is 0. The largest absolute Gasteiger partial charge is 0.383 e. The monoisotopic (exact) mass is 294 g/mol. The number of rotatable bonds is 5. The molecule has 0 spiro atoms. The maximum absolute atomic E-state index is 6.14. The highest BCUT2D eigenvalue weighted by Gasteiger charge is 2.28. The Morgan fingerprint density at radius 3 is 2.55 bits per heavy atom. The number of nitrogens with one attached hydrogen (secondary N) is 1. The molecule has 3 heteroatoms. The number of halogens is 1. The number of hydrogen-bond donors (Lipinski definition) is 1. The molecule has 1 saturated carbocycles. The summed E-state index contributed by atoms with van der Waals surface area (Å²) >= 11 is 6.14.